The number of aryl methyl sites for hydroxylation is 1. The monoisotopic (exact) mass is 484 g/mol. The van der Waals surface area contributed by atoms with Gasteiger partial charge in [0.15, 0.2) is 0 Å². The number of nitrogens with zero attached hydrogens (tertiary/aromatic N) is 3. The van der Waals surface area contributed by atoms with Gasteiger partial charge >= 0.3 is 0 Å². The topological polar surface area (TPSA) is 145 Å². The number of rotatable bonds is 8. The number of hydrogen-bond acceptors (Lipinski definition) is 7. The van der Waals surface area contributed by atoms with Gasteiger partial charge in [0.25, 0.3) is 0 Å². The molecule has 0 radical (unpaired) electrons. The Morgan fingerprint density at radius 2 is 1.57 bits per heavy atom. The minimum atomic E-state index is -0.208. The Morgan fingerprint density at radius 3 is 2.11 bits per heavy atom. The van der Waals surface area contributed by atoms with Crippen LogP contribution in [0, 0.1) is 22.7 Å². The summed E-state index contributed by atoms with van der Waals surface area (Å²) in [5.74, 6) is 0.0260. The molecule has 35 heavy (non-hydrogen) atoms. The van der Waals surface area contributed by atoms with Crippen molar-refractivity contribution < 1.29 is 9.59 Å². The maximum Gasteiger partial charge on any atom is 0.225 e. The molecule has 0 saturated heterocycles. The van der Waals surface area contributed by atoms with E-state index in [-0.39, 0.29) is 35.2 Å². The first kappa shape index (κ1) is 25.3. The Hall–Kier alpha value is -4.34. The van der Waals surface area contributed by atoms with Crippen LogP contribution in [0.15, 0.2) is 53.6 Å². The van der Waals surface area contributed by atoms with E-state index in [0.29, 0.717) is 33.3 Å². The van der Waals surface area contributed by atoms with Crippen molar-refractivity contribution in [2.75, 3.05) is 22.1 Å². The summed E-state index contributed by atoms with van der Waals surface area (Å²) < 4.78 is 0. The Labute approximate surface area is 208 Å². The highest BCUT2D eigenvalue weighted by Gasteiger charge is 2.20. The van der Waals surface area contributed by atoms with Crippen molar-refractivity contribution in [3.63, 3.8) is 0 Å². The maximum atomic E-state index is 12.4. The standard InChI is InChI=1S/C26H24N6O2S/c1-3-17-4-6-18(7-5-17)24-21(14-27)25(29)32-26(22(24)15-28)35-13-12-23(34)31-20-10-8-19(9-11-20)30-16(2)33/h4-11H,3,12-13H2,1-2H3,(H2,29,32)(H,30,33)(H,31,34). The van der Waals surface area contributed by atoms with Crippen molar-refractivity contribution in [3.05, 3.63) is 65.2 Å². The Morgan fingerprint density at radius 1 is 0.971 bits per heavy atom. The summed E-state index contributed by atoms with van der Waals surface area (Å²) >= 11 is 1.24. The number of aromatic nitrogens is 1. The van der Waals surface area contributed by atoms with Crippen molar-refractivity contribution in [2.24, 2.45) is 0 Å². The van der Waals surface area contributed by atoms with Gasteiger partial charge in [-0.15, -0.1) is 11.8 Å². The van der Waals surface area contributed by atoms with E-state index in [1.165, 1.54) is 18.7 Å². The van der Waals surface area contributed by atoms with Crippen LogP contribution in [-0.2, 0) is 16.0 Å². The molecule has 9 heteroatoms. The molecule has 0 bridgehead atoms. The molecule has 0 atom stereocenters. The first-order valence-corrected chi connectivity index (χ1v) is 11.9. The number of nitrogens with two attached hydrogens (primary N) is 1. The largest absolute Gasteiger partial charge is 0.383 e. The number of benzene rings is 2. The number of nitrogen functional groups attached to an aromatic ring is 1. The van der Waals surface area contributed by atoms with Gasteiger partial charge in [-0.1, -0.05) is 31.2 Å². The van der Waals surface area contributed by atoms with Crippen LogP contribution in [0.25, 0.3) is 11.1 Å². The summed E-state index contributed by atoms with van der Waals surface area (Å²) in [7, 11) is 0. The second kappa shape index (κ2) is 11.7. The van der Waals surface area contributed by atoms with Gasteiger partial charge in [0.1, 0.15) is 28.5 Å². The molecule has 0 fully saturated rings. The van der Waals surface area contributed by atoms with Crippen molar-refractivity contribution in [2.45, 2.75) is 31.7 Å². The molecule has 2 amide bonds. The average Bonchev–Trinajstić information content (AvgIpc) is 2.84. The van der Waals surface area contributed by atoms with Gasteiger partial charge < -0.3 is 16.4 Å². The van der Waals surface area contributed by atoms with E-state index in [1.807, 2.05) is 31.2 Å². The van der Waals surface area contributed by atoms with Crippen LogP contribution < -0.4 is 16.4 Å². The number of hydrogen-bond donors (Lipinski definition) is 3. The normalized spacial score (nSPS) is 10.2. The quantitative estimate of drug-likeness (QED) is 0.392. The molecule has 176 valence electrons. The highest BCUT2D eigenvalue weighted by molar-refractivity contribution is 7.99. The van der Waals surface area contributed by atoms with E-state index in [4.69, 9.17) is 5.73 Å². The lowest BCUT2D eigenvalue weighted by Gasteiger charge is -2.13. The van der Waals surface area contributed by atoms with Crippen LogP contribution in [0.1, 0.15) is 37.0 Å². The van der Waals surface area contributed by atoms with E-state index in [1.54, 1.807) is 24.3 Å². The molecule has 0 aliphatic carbocycles. The molecular formula is C26H24N6O2S. The predicted octanol–water partition coefficient (Wildman–Crippen LogP) is 4.72. The SMILES string of the molecule is CCc1ccc(-c2c(C#N)c(N)nc(SCCC(=O)Nc3ccc(NC(C)=O)cc3)c2C#N)cc1. The molecule has 3 aromatic rings. The fourth-order valence-electron chi connectivity index (χ4n) is 3.40. The van der Waals surface area contributed by atoms with Crippen LogP contribution in [0.3, 0.4) is 0 Å². The van der Waals surface area contributed by atoms with E-state index in [0.717, 1.165) is 12.0 Å². The number of thioether (sulfide) groups is 1. The molecular weight excluding hydrogens is 460 g/mol. The summed E-state index contributed by atoms with van der Waals surface area (Å²) in [5.41, 5.74) is 10.0. The van der Waals surface area contributed by atoms with Crippen LogP contribution >= 0.6 is 11.8 Å². The van der Waals surface area contributed by atoms with E-state index in [2.05, 4.69) is 27.8 Å². The summed E-state index contributed by atoms with van der Waals surface area (Å²) in [6, 6.07) is 18.7. The first-order chi connectivity index (χ1) is 16.9. The van der Waals surface area contributed by atoms with Gasteiger partial charge in [0.2, 0.25) is 11.8 Å². The summed E-state index contributed by atoms with van der Waals surface area (Å²) in [4.78, 5) is 27.8. The molecule has 1 aromatic heterocycles. The zero-order chi connectivity index (χ0) is 25.4. The number of nitriles is 2. The zero-order valence-corrected chi connectivity index (χ0v) is 20.2. The van der Waals surface area contributed by atoms with Crippen LogP contribution in [0.4, 0.5) is 17.2 Å². The molecule has 8 nitrogen and oxygen atoms in total. The van der Waals surface area contributed by atoms with Crippen LogP contribution in [0.5, 0.6) is 0 Å². The second-order valence-corrected chi connectivity index (χ2v) is 8.69. The number of carbonyl (C=O) groups excluding carboxylic acids is 2. The Kier molecular flexibility index (Phi) is 8.44. The van der Waals surface area contributed by atoms with Crippen molar-refractivity contribution >= 4 is 40.8 Å². The van der Waals surface area contributed by atoms with Gasteiger partial charge in [0.05, 0.1) is 5.56 Å². The van der Waals surface area contributed by atoms with E-state index < -0.39 is 0 Å². The number of amides is 2. The lowest BCUT2D eigenvalue weighted by atomic mass is 9.96. The van der Waals surface area contributed by atoms with Gasteiger partial charge in [0, 0.05) is 36.0 Å². The van der Waals surface area contributed by atoms with Crippen LogP contribution in [-0.4, -0.2) is 22.6 Å². The van der Waals surface area contributed by atoms with Crippen molar-refractivity contribution in [1.82, 2.24) is 4.98 Å². The molecule has 1 heterocycles. The first-order valence-electron chi connectivity index (χ1n) is 10.9. The lowest BCUT2D eigenvalue weighted by molar-refractivity contribution is -0.116. The van der Waals surface area contributed by atoms with Crippen molar-refractivity contribution in [3.8, 4) is 23.3 Å². The van der Waals surface area contributed by atoms with Gasteiger partial charge in [-0.3, -0.25) is 9.59 Å². The predicted molar refractivity (Wildman–Crippen MR) is 138 cm³/mol. The number of pyridine rings is 1. The van der Waals surface area contributed by atoms with Crippen molar-refractivity contribution in [1.29, 1.82) is 10.5 Å². The number of carbonyl (C=O) groups is 2. The highest BCUT2D eigenvalue weighted by Crippen LogP contribution is 2.36. The third-order valence-electron chi connectivity index (χ3n) is 5.12. The zero-order valence-electron chi connectivity index (χ0n) is 19.4. The van der Waals surface area contributed by atoms with Gasteiger partial charge in [-0.2, -0.15) is 10.5 Å². The third kappa shape index (κ3) is 6.38. The van der Waals surface area contributed by atoms with Crippen LogP contribution in [0.2, 0.25) is 0 Å². The summed E-state index contributed by atoms with van der Waals surface area (Å²) in [6.45, 7) is 3.47. The molecule has 2 aromatic carbocycles. The Balaban J connectivity index is 1.74. The second-order valence-electron chi connectivity index (χ2n) is 7.61. The summed E-state index contributed by atoms with van der Waals surface area (Å²) in [5, 5.41) is 25.4. The molecule has 3 rings (SSSR count). The summed E-state index contributed by atoms with van der Waals surface area (Å²) in [6.07, 6.45) is 1.04. The lowest BCUT2D eigenvalue weighted by Crippen LogP contribution is -2.12. The van der Waals surface area contributed by atoms with E-state index in [9.17, 15) is 20.1 Å². The molecule has 0 aliphatic rings. The van der Waals surface area contributed by atoms with Gasteiger partial charge in [-0.05, 0) is 41.8 Å². The molecule has 0 aliphatic heterocycles. The molecule has 4 N–H and O–H groups in total. The number of nitrogens with one attached hydrogen (secondary N) is 2. The average molecular weight is 485 g/mol. The van der Waals surface area contributed by atoms with E-state index >= 15 is 0 Å². The van der Waals surface area contributed by atoms with Gasteiger partial charge in [-0.25, -0.2) is 4.98 Å². The third-order valence-corrected chi connectivity index (χ3v) is 6.10. The minimum Gasteiger partial charge on any atom is -0.383 e. The molecule has 0 spiro atoms. The highest BCUT2D eigenvalue weighted by atomic mass is 32.2. The maximum absolute atomic E-state index is 12.4. The minimum absolute atomic E-state index is 0.0484. The fraction of sp³-hybridized carbons (Fsp3) is 0.192. The molecule has 0 saturated carbocycles. The Bertz CT molecular complexity index is 1320. The molecule has 0 unspecified atom stereocenters. The number of anilines is 3. The smallest absolute Gasteiger partial charge is 0.225 e. The fourth-order valence-corrected chi connectivity index (χ4v) is 4.34.